The molecule has 0 radical (unpaired) electrons. The first-order valence-electron chi connectivity index (χ1n) is 4.67. The van der Waals surface area contributed by atoms with E-state index in [1.807, 2.05) is 0 Å². The smallest absolute Gasteiger partial charge is 0.266 e. The molecule has 0 saturated carbocycles. The lowest BCUT2D eigenvalue weighted by Gasteiger charge is -2.04. The van der Waals surface area contributed by atoms with Crippen molar-refractivity contribution in [1.29, 1.82) is 0 Å². The zero-order valence-corrected chi connectivity index (χ0v) is 8.64. The SMILES string of the molecule is Cn1nc(-c2ccc(F)c(N)c2)ccc1=O. The summed E-state index contributed by atoms with van der Waals surface area (Å²) in [6.07, 6.45) is 0. The fourth-order valence-corrected chi connectivity index (χ4v) is 1.36. The Hall–Kier alpha value is -2.17. The molecule has 0 saturated heterocycles. The molecule has 0 atom stereocenters. The third kappa shape index (κ3) is 1.79. The molecule has 4 nitrogen and oxygen atoms in total. The van der Waals surface area contributed by atoms with E-state index in [9.17, 15) is 9.18 Å². The van der Waals surface area contributed by atoms with E-state index < -0.39 is 5.82 Å². The monoisotopic (exact) mass is 219 g/mol. The molecule has 5 heteroatoms. The quantitative estimate of drug-likeness (QED) is 0.732. The van der Waals surface area contributed by atoms with E-state index >= 15 is 0 Å². The molecule has 82 valence electrons. The van der Waals surface area contributed by atoms with Crippen molar-refractivity contribution in [1.82, 2.24) is 9.78 Å². The topological polar surface area (TPSA) is 60.9 Å². The molecule has 1 aromatic carbocycles. The van der Waals surface area contributed by atoms with Gasteiger partial charge in [0, 0.05) is 18.7 Å². The first kappa shape index (κ1) is 10.4. The molecule has 1 aromatic heterocycles. The molecule has 16 heavy (non-hydrogen) atoms. The highest BCUT2D eigenvalue weighted by molar-refractivity contribution is 5.63. The van der Waals surface area contributed by atoms with Gasteiger partial charge >= 0.3 is 0 Å². The van der Waals surface area contributed by atoms with E-state index in [4.69, 9.17) is 5.73 Å². The van der Waals surface area contributed by atoms with E-state index in [1.165, 1.54) is 22.9 Å². The van der Waals surface area contributed by atoms with Crippen LogP contribution in [0.15, 0.2) is 35.1 Å². The standard InChI is InChI=1S/C11H10FN3O/c1-15-11(16)5-4-10(14-15)7-2-3-8(12)9(13)6-7/h2-6H,13H2,1H3. The van der Waals surface area contributed by atoms with E-state index in [0.717, 1.165) is 0 Å². The van der Waals surface area contributed by atoms with E-state index in [0.29, 0.717) is 11.3 Å². The largest absolute Gasteiger partial charge is 0.396 e. The highest BCUT2D eigenvalue weighted by Gasteiger charge is 2.04. The molecule has 0 aliphatic carbocycles. The lowest BCUT2D eigenvalue weighted by molar-refractivity contribution is 0.632. The minimum Gasteiger partial charge on any atom is -0.396 e. The molecule has 2 aromatic rings. The van der Waals surface area contributed by atoms with Crippen molar-refractivity contribution in [2.24, 2.45) is 7.05 Å². The lowest BCUT2D eigenvalue weighted by Crippen LogP contribution is -2.18. The van der Waals surface area contributed by atoms with Crippen LogP contribution in [0.4, 0.5) is 10.1 Å². The van der Waals surface area contributed by atoms with Gasteiger partial charge in [0.05, 0.1) is 11.4 Å². The first-order valence-corrected chi connectivity index (χ1v) is 4.67. The number of nitrogen functional groups attached to an aromatic ring is 1. The van der Waals surface area contributed by atoms with Crippen LogP contribution >= 0.6 is 0 Å². The Bertz CT molecular complexity index is 592. The van der Waals surface area contributed by atoms with Gasteiger partial charge in [-0.3, -0.25) is 4.79 Å². The summed E-state index contributed by atoms with van der Waals surface area (Å²) in [4.78, 5) is 11.1. The molecule has 0 aliphatic heterocycles. The Morgan fingerprint density at radius 2 is 2.06 bits per heavy atom. The van der Waals surface area contributed by atoms with Crippen molar-refractivity contribution >= 4 is 5.69 Å². The molecule has 2 N–H and O–H groups in total. The summed E-state index contributed by atoms with van der Waals surface area (Å²) in [5.41, 5.74) is 6.58. The van der Waals surface area contributed by atoms with Crippen LogP contribution in [0.25, 0.3) is 11.3 Å². The fraction of sp³-hybridized carbons (Fsp3) is 0.0909. The van der Waals surface area contributed by atoms with Gasteiger partial charge in [-0.2, -0.15) is 5.10 Å². The Morgan fingerprint density at radius 3 is 2.69 bits per heavy atom. The summed E-state index contributed by atoms with van der Waals surface area (Å²) in [6, 6.07) is 7.31. The Labute approximate surface area is 91.1 Å². The average molecular weight is 219 g/mol. The van der Waals surface area contributed by atoms with Crippen molar-refractivity contribution in [2.45, 2.75) is 0 Å². The third-order valence-electron chi connectivity index (χ3n) is 2.25. The number of hydrogen-bond donors (Lipinski definition) is 1. The number of benzene rings is 1. The van der Waals surface area contributed by atoms with E-state index in [1.54, 1.807) is 19.2 Å². The van der Waals surface area contributed by atoms with Crippen LogP contribution in [0.2, 0.25) is 0 Å². The maximum absolute atomic E-state index is 13.0. The number of nitrogens with two attached hydrogens (primary N) is 1. The molecular weight excluding hydrogens is 209 g/mol. The number of hydrogen-bond acceptors (Lipinski definition) is 3. The van der Waals surface area contributed by atoms with E-state index in [-0.39, 0.29) is 11.2 Å². The minimum atomic E-state index is -0.464. The molecule has 0 amide bonds. The van der Waals surface area contributed by atoms with Crippen LogP contribution in [0.3, 0.4) is 0 Å². The van der Waals surface area contributed by atoms with Crippen molar-refractivity contribution in [3.8, 4) is 11.3 Å². The molecule has 0 bridgehead atoms. The number of aryl methyl sites for hydroxylation is 1. The second-order valence-electron chi connectivity index (χ2n) is 3.42. The summed E-state index contributed by atoms with van der Waals surface area (Å²) in [5.74, 6) is -0.464. The number of anilines is 1. The summed E-state index contributed by atoms with van der Waals surface area (Å²) < 4.78 is 14.2. The third-order valence-corrected chi connectivity index (χ3v) is 2.25. The minimum absolute atomic E-state index is 0.0631. The predicted molar refractivity (Wildman–Crippen MR) is 59.3 cm³/mol. The van der Waals surface area contributed by atoms with Gasteiger partial charge in [-0.05, 0) is 24.3 Å². The zero-order chi connectivity index (χ0) is 11.7. The number of halogens is 1. The van der Waals surface area contributed by atoms with Crippen LogP contribution < -0.4 is 11.3 Å². The Balaban J connectivity index is 2.54. The van der Waals surface area contributed by atoms with Gasteiger partial charge in [0.25, 0.3) is 5.56 Å². The number of rotatable bonds is 1. The van der Waals surface area contributed by atoms with Crippen LogP contribution in [0.1, 0.15) is 0 Å². The summed E-state index contributed by atoms with van der Waals surface area (Å²) in [6.45, 7) is 0. The van der Waals surface area contributed by atoms with Crippen LogP contribution in [-0.2, 0) is 7.05 Å². The van der Waals surface area contributed by atoms with Crippen molar-refractivity contribution < 1.29 is 4.39 Å². The Morgan fingerprint density at radius 1 is 1.31 bits per heavy atom. The highest BCUT2D eigenvalue weighted by Crippen LogP contribution is 2.20. The summed E-state index contributed by atoms with van der Waals surface area (Å²) in [5, 5.41) is 4.04. The normalized spacial score (nSPS) is 10.4. The van der Waals surface area contributed by atoms with Crippen molar-refractivity contribution in [2.75, 3.05) is 5.73 Å². The predicted octanol–water partition coefficient (Wildman–Crippen LogP) is 1.17. The van der Waals surface area contributed by atoms with Gasteiger partial charge in [0.1, 0.15) is 5.82 Å². The van der Waals surface area contributed by atoms with Gasteiger partial charge in [0.15, 0.2) is 0 Å². The van der Waals surface area contributed by atoms with Crippen LogP contribution in [-0.4, -0.2) is 9.78 Å². The second-order valence-corrected chi connectivity index (χ2v) is 3.42. The number of nitrogens with zero attached hydrogens (tertiary/aromatic N) is 2. The summed E-state index contributed by atoms with van der Waals surface area (Å²) in [7, 11) is 1.55. The van der Waals surface area contributed by atoms with Crippen molar-refractivity contribution in [3.05, 3.63) is 46.5 Å². The lowest BCUT2D eigenvalue weighted by atomic mass is 10.1. The maximum atomic E-state index is 13.0. The Kier molecular flexibility index (Phi) is 2.44. The van der Waals surface area contributed by atoms with Gasteiger partial charge in [-0.25, -0.2) is 9.07 Å². The van der Waals surface area contributed by atoms with Gasteiger partial charge < -0.3 is 5.73 Å². The zero-order valence-electron chi connectivity index (χ0n) is 8.64. The number of aromatic nitrogens is 2. The molecule has 0 spiro atoms. The molecule has 2 rings (SSSR count). The van der Waals surface area contributed by atoms with Crippen LogP contribution in [0, 0.1) is 5.82 Å². The van der Waals surface area contributed by atoms with Gasteiger partial charge in [0.2, 0.25) is 0 Å². The maximum Gasteiger partial charge on any atom is 0.266 e. The molecule has 0 fully saturated rings. The second kappa shape index (κ2) is 3.77. The van der Waals surface area contributed by atoms with Gasteiger partial charge in [-0.15, -0.1) is 0 Å². The molecule has 0 aliphatic rings. The molecule has 1 heterocycles. The highest BCUT2D eigenvalue weighted by atomic mass is 19.1. The van der Waals surface area contributed by atoms with Crippen molar-refractivity contribution in [3.63, 3.8) is 0 Å². The summed E-state index contributed by atoms with van der Waals surface area (Å²) >= 11 is 0. The fourth-order valence-electron chi connectivity index (χ4n) is 1.36. The van der Waals surface area contributed by atoms with Gasteiger partial charge in [-0.1, -0.05) is 0 Å². The van der Waals surface area contributed by atoms with E-state index in [2.05, 4.69) is 5.10 Å². The molecule has 0 unspecified atom stereocenters. The molecular formula is C11H10FN3O. The van der Waals surface area contributed by atoms with Crippen LogP contribution in [0.5, 0.6) is 0 Å². The first-order chi connectivity index (χ1) is 7.58. The average Bonchev–Trinajstić information content (AvgIpc) is 2.26.